The third kappa shape index (κ3) is 6.50. The molecular formula is C25H27N4O3+. The molecule has 2 aromatic carbocycles. The van der Waals surface area contributed by atoms with E-state index in [1.807, 2.05) is 71.4 Å². The minimum absolute atomic E-state index is 0.279. The summed E-state index contributed by atoms with van der Waals surface area (Å²) in [7, 11) is 0. The lowest BCUT2D eigenvalue weighted by Crippen LogP contribution is -2.53. The van der Waals surface area contributed by atoms with Crippen LogP contribution in [-0.4, -0.2) is 29.8 Å². The van der Waals surface area contributed by atoms with Crippen LogP contribution in [0.4, 0.5) is 0 Å². The first-order valence-electron chi connectivity index (χ1n) is 10.4. The Bertz CT molecular complexity index is 1070. The van der Waals surface area contributed by atoms with Crippen molar-refractivity contribution in [3.63, 3.8) is 0 Å². The number of nitrogens with two attached hydrogens (primary N) is 1. The molecule has 0 bridgehead atoms. The fourth-order valence-electron chi connectivity index (χ4n) is 3.23. The number of hydrogen-bond acceptors (Lipinski definition) is 3. The van der Waals surface area contributed by atoms with Gasteiger partial charge < -0.3 is 16.4 Å². The Morgan fingerprint density at radius 3 is 2.12 bits per heavy atom. The summed E-state index contributed by atoms with van der Waals surface area (Å²) in [5, 5.41) is 5.37. The van der Waals surface area contributed by atoms with Crippen molar-refractivity contribution >= 4 is 17.7 Å². The largest absolute Gasteiger partial charge is 0.368 e. The van der Waals surface area contributed by atoms with Crippen LogP contribution >= 0.6 is 0 Å². The molecule has 0 spiro atoms. The van der Waals surface area contributed by atoms with Gasteiger partial charge in [0.15, 0.2) is 18.9 Å². The standard InChI is InChI=1S/C25H26N4O3/c1-18(23(26)30)27-25(32)22(15-19-9-4-2-5-10-19)28-24(31)21-13-8-14-29(17-21)16-20-11-6-3-7-12-20/h2-14,17-18,22H,15-16H2,1H3,(H3-,26,27,28,30,31,32)/p+1/t18-,22-/m1/s1. The van der Waals surface area contributed by atoms with E-state index in [4.69, 9.17) is 5.73 Å². The van der Waals surface area contributed by atoms with Crippen molar-refractivity contribution in [3.8, 4) is 0 Å². The maximum atomic E-state index is 13.0. The normalized spacial score (nSPS) is 12.4. The van der Waals surface area contributed by atoms with E-state index in [0.717, 1.165) is 11.1 Å². The van der Waals surface area contributed by atoms with Gasteiger partial charge in [0.2, 0.25) is 11.8 Å². The molecule has 2 atom stereocenters. The smallest absolute Gasteiger partial charge is 0.258 e. The summed E-state index contributed by atoms with van der Waals surface area (Å²) in [4.78, 5) is 37.1. The molecule has 0 aliphatic carbocycles. The van der Waals surface area contributed by atoms with Gasteiger partial charge in [0.1, 0.15) is 17.6 Å². The molecule has 3 aromatic rings. The van der Waals surface area contributed by atoms with Gasteiger partial charge in [-0.3, -0.25) is 14.4 Å². The quantitative estimate of drug-likeness (QED) is 0.446. The molecule has 1 aromatic heterocycles. The Kier molecular flexibility index (Phi) is 7.70. The second-order valence-corrected chi connectivity index (χ2v) is 7.60. The van der Waals surface area contributed by atoms with E-state index < -0.39 is 23.9 Å². The minimum atomic E-state index is -0.866. The number of amides is 3. The Morgan fingerprint density at radius 1 is 0.875 bits per heavy atom. The van der Waals surface area contributed by atoms with Crippen LogP contribution in [0.5, 0.6) is 0 Å². The topological polar surface area (TPSA) is 105 Å². The van der Waals surface area contributed by atoms with Gasteiger partial charge in [-0.1, -0.05) is 60.7 Å². The van der Waals surface area contributed by atoms with E-state index in [9.17, 15) is 14.4 Å². The highest BCUT2D eigenvalue weighted by Gasteiger charge is 2.25. The fourth-order valence-corrected chi connectivity index (χ4v) is 3.23. The highest BCUT2D eigenvalue weighted by Crippen LogP contribution is 2.06. The number of carbonyl (C=O) groups excluding carboxylic acids is 3. The number of primary amides is 1. The lowest BCUT2D eigenvalue weighted by atomic mass is 10.0. The lowest BCUT2D eigenvalue weighted by molar-refractivity contribution is -0.688. The van der Waals surface area contributed by atoms with Crippen LogP contribution in [0.25, 0.3) is 0 Å². The highest BCUT2D eigenvalue weighted by molar-refractivity contribution is 5.98. The molecule has 7 nitrogen and oxygen atoms in total. The number of nitrogens with one attached hydrogen (secondary N) is 2. The van der Waals surface area contributed by atoms with Crippen LogP contribution in [0.15, 0.2) is 85.2 Å². The second kappa shape index (κ2) is 10.9. The number of hydrogen-bond donors (Lipinski definition) is 3. The number of nitrogens with zero attached hydrogens (tertiary/aromatic N) is 1. The van der Waals surface area contributed by atoms with E-state index >= 15 is 0 Å². The van der Waals surface area contributed by atoms with Crippen LogP contribution in [0.2, 0.25) is 0 Å². The van der Waals surface area contributed by atoms with Crippen molar-refractivity contribution in [1.29, 1.82) is 0 Å². The van der Waals surface area contributed by atoms with Crippen molar-refractivity contribution in [2.75, 3.05) is 0 Å². The number of pyridine rings is 1. The maximum Gasteiger partial charge on any atom is 0.258 e. The van der Waals surface area contributed by atoms with E-state index in [1.54, 1.807) is 18.3 Å². The van der Waals surface area contributed by atoms with Crippen molar-refractivity contribution in [2.24, 2.45) is 5.73 Å². The molecule has 7 heteroatoms. The van der Waals surface area contributed by atoms with E-state index in [0.29, 0.717) is 12.1 Å². The van der Waals surface area contributed by atoms with Crippen LogP contribution < -0.4 is 20.9 Å². The molecule has 0 unspecified atom stereocenters. The van der Waals surface area contributed by atoms with Gasteiger partial charge >= 0.3 is 0 Å². The summed E-state index contributed by atoms with van der Waals surface area (Å²) in [5.74, 6) is -1.50. The highest BCUT2D eigenvalue weighted by atomic mass is 16.2. The molecule has 32 heavy (non-hydrogen) atoms. The Morgan fingerprint density at radius 2 is 1.50 bits per heavy atom. The third-order valence-electron chi connectivity index (χ3n) is 5.02. The second-order valence-electron chi connectivity index (χ2n) is 7.60. The maximum absolute atomic E-state index is 13.0. The first-order valence-corrected chi connectivity index (χ1v) is 10.4. The molecule has 0 aliphatic rings. The van der Waals surface area contributed by atoms with Crippen molar-refractivity contribution in [2.45, 2.75) is 32.0 Å². The fraction of sp³-hybridized carbons (Fsp3) is 0.200. The molecule has 0 fully saturated rings. The molecule has 3 rings (SSSR count). The molecule has 3 amide bonds. The van der Waals surface area contributed by atoms with Crippen LogP contribution in [0, 0.1) is 0 Å². The van der Waals surface area contributed by atoms with Crippen molar-refractivity contribution < 1.29 is 19.0 Å². The third-order valence-corrected chi connectivity index (χ3v) is 5.02. The van der Waals surface area contributed by atoms with Gasteiger partial charge in [0.05, 0.1) is 0 Å². The van der Waals surface area contributed by atoms with E-state index in [2.05, 4.69) is 10.6 Å². The van der Waals surface area contributed by atoms with Gasteiger partial charge in [0.25, 0.3) is 5.91 Å². The summed E-state index contributed by atoms with van der Waals surface area (Å²) in [6.45, 7) is 2.12. The molecule has 0 radical (unpaired) electrons. The van der Waals surface area contributed by atoms with Crippen molar-refractivity contribution in [1.82, 2.24) is 10.6 Å². The van der Waals surface area contributed by atoms with Gasteiger partial charge in [-0.25, -0.2) is 0 Å². The average molecular weight is 432 g/mol. The zero-order valence-electron chi connectivity index (χ0n) is 17.9. The van der Waals surface area contributed by atoms with Crippen LogP contribution in [0.3, 0.4) is 0 Å². The SMILES string of the molecule is C[C@@H](NC(=O)[C@@H](Cc1ccccc1)NC(=O)c1ccc[n+](Cc2ccccc2)c1)C(N)=O. The zero-order valence-corrected chi connectivity index (χ0v) is 17.9. The minimum Gasteiger partial charge on any atom is -0.368 e. The van der Waals surface area contributed by atoms with E-state index in [-0.39, 0.29) is 12.3 Å². The summed E-state index contributed by atoms with van der Waals surface area (Å²) >= 11 is 0. The molecule has 0 aliphatic heterocycles. The van der Waals surface area contributed by atoms with Gasteiger partial charge in [-0.2, -0.15) is 4.57 Å². The molecule has 4 N–H and O–H groups in total. The zero-order chi connectivity index (χ0) is 22.9. The summed E-state index contributed by atoms with van der Waals surface area (Å²) in [5.41, 5.74) is 7.68. The Balaban J connectivity index is 1.75. The van der Waals surface area contributed by atoms with Crippen LogP contribution in [0.1, 0.15) is 28.4 Å². The molecule has 164 valence electrons. The lowest BCUT2D eigenvalue weighted by Gasteiger charge is -2.20. The summed E-state index contributed by atoms with van der Waals surface area (Å²) in [6, 6.07) is 21.0. The van der Waals surface area contributed by atoms with Crippen LogP contribution in [-0.2, 0) is 22.6 Å². The predicted octanol–water partition coefficient (Wildman–Crippen LogP) is 1.35. The number of benzene rings is 2. The number of aromatic nitrogens is 1. The first kappa shape index (κ1) is 22.7. The monoisotopic (exact) mass is 431 g/mol. The molecular weight excluding hydrogens is 404 g/mol. The molecule has 1 heterocycles. The van der Waals surface area contributed by atoms with Gasteiger partial charge in [-0.05, 0) is 18.6 Å². The van der Waals surface area contributed by atoms with E-state index in [1.165, 1.54) is 6.92 Å². The van der Waals surface area contributed by atoms with Gasteiger partial charge in [-0.15, -0.1) is 0 Å². The first-order chi connectivity index (χ1) is 15.4. The molecule has 0 saturated carbocycles. The molecule has 0 saturated heterocycles. The van der Waals surface area contributed by atoms with Crippen molar-refractivity contribution in [3.05, 3.63) is 102 Å². The Hall–Kier alpha value is -4.00. The summed E-state index contributed by atoms with van der Waals surface area (Å²) < 4.78 is 1.91. The number of carbonyl (C=O) groups is 3. The average Bonchev–Trinajstić information content (AvgIpc) is 2.80. The number of rotatable bonds is 9. The Labute approximate surface area is 187 Å². The summed E-state index contributed by atoms with van der Waals surface area (Å²) in [6.07, 6.45) is 3.90. The van der Waals surface area contributed by atoms with Gasteiger partial charge in [0, 0.05) is 18.1 Å². The predicted molar refractivity (Wildman–Crippen MR) is 120 cm³/mol.